The van der Waals surface area contributed by atoms with E-state index in [0.29, 0.717) is 23.4 Å². The molecule has 0 bridgehead atoms. The summed E-state index contributed by atoms with van der Waals surface area (Å²) in [6.45, 7) is 5.62. The number of methoxy groups -OCH3 is 1. The first-order chi connectivity index (χ1) is 24.7. The van der Waals surface area contributed by atoms with Crippen molar-refractivity contribution in [1.82, 2.24) is 19.4 Å². The van der Waals surface area contributed by atoms with Crippen LogP contribution in [0.15, 0.2) is 77.7 Å². The van der Waals surface area contributed by atoms with E-state index in [2.05, 4.69) is 47.1 Å². The van der Waals surface area contributed by atoms with E-state index < -0.39 is 5.60 Å². The largest absolute Gasteiger partial charge is 0.496 e. The van der Waals surface area contributed by atoms with E-state index in [-0.39, 0.29) is 23.8 Å². The molecule has 10 heteroatoms. The SMILES string of the molecule is COc1cc(=O)n(C)cc1-c1ccc2nc(N3CCC(N4CCC(C)(N)CC4)CC3)nc(C(CO)(OC3CC3)c3cccc4ccccc34)c2c1. The monoisotopic (exact) mass is 688 g/mol. The third-order valence-electron chi connectivity index (χ3n) is 11.3. The number of benzene rings is 3. The number of aliphatic hydroxyl groups is 1. The minimum Gasteiger partial charge on any atom is -0.496 e. The molecule has 3 aromatic carbocycles. The van der Waals surface area contributed by atoms with Crippen molar-refractivity contribution < 1.29 is 14.6 Å². The van der Waals surface area contributed by atoms with Gasteiger partial charge >= 0.3 is 0 Å². The van der Waals surface area contributed by atoms with Gasteiger partial charge in [0.25, 0.3) is 5.56 Å². The molecular weight excluding hydrogens is 640 g/mol. The van der Waals surface area contributed by atoms with Gasteiger partial charge in [-0.1, -0.05) is 48.5 Å². The highest BCUT2D eigenvalue weighted by Crippen LogP contribution is 2.45. The number of hydrogen-bond donors (Lipinski definition) is 2. The third kappa shape index (κ3) is 6.39. The molecule has 3 N–H and O–H groups in total. The van der Waals surface area contributed by atoms with Crippen LogP contribution in [0.3, 0.4) is 0 Å². The van der Waals surface area contributed by atoms with Crippen molar-refractivity contribution in [2.24, 2.45) is 12.8 Å². The van der Waals surface area contributed by atoms with Gasteiger partial charge in [0.15, 0.2) is 5.60 Å². The van der Waals surface area contributed by atoms with E-state index in [1.54, 1.807) is 24.9 Å². The average Bonchev–Trinajstić information content (AvgIpc) is 3.98. The molecule has 51 heavy (non-hydrogen) atoms. The minimum absolute atomic E-state index is 0.00664. The summed E-state index contributed by atoms with van der Waals surface area (Å²) in [7, 11) is 3.31. The van der Waals surface area contributed by atoms with Crippen LogP contribution in [0.25, 0.3) is 32.8 Å². The highest BCUT2D eigenvalue weighted by molar-refractivity contribution is 5.91. The maximum atomic E-state index is 12.5. The Morgan fingerprint density at radius 3 is 2.41 bits per heavy atom. The van der Waals surface area contributed by atoms with Gasteiger partial charge in [0, 0.05) is 73.6 Å². The van der Waals surface area contributed by atoms with Crippen molar-refractivity contribution in [3.63, 3.8) is 0 Å². The Kier molecular flexibility index (Phi) is 8.82. The van der Waals surface area contributed by atoms with Crippen LogP contribution in [-0.2, 0) is 17.4 Å². The zero-order valence-electron chi connectivity index (χ0n) is 29.8. The predicted octanol–water partition coefficient (Wildman–Crippen LogP) is 5.35. The number of rotatable bonds is 9. The fourth-order valence-electron chi connectivity index (χ4n) is 8.05. The quantitative estimate of drug-likeness (QED) is 0.211. The second-order valence-electron chi connectivity index (χ2n) is 15.0. The number of aliphatic hydroxyl groups excluding tert-OH is 1. The molecule has 1 saturated carbocycles. The van der Waals surface area contributed by atoms with Crippen molar-refractivity contribution in [3.8, 4) is 16.9 Å². The topological polar surface area (TPSA) is 119 Å². The number of aryl methyl sites for hydroxylation is 1. The van der Waals surface area contributed by atoms with Crippen LogP contribution in [0.1, 0.15) is 56.7 Å². The molecule has 1 aliphatic carbocycles. The molecule has 0 radical (unpaired) electrons. The highest BCUT2D eigenvalue weighted by atomic mass is 16.5. The first-order valence-electron chi connectivity index (χ1n) is 18.3. The van der Waals surface area contributed by atoms with Crippen molar-refractivity contribution in [1.29, 1.82) is 0 Å². The number of likely N-dealkylation sites (tertiary alicyclic amines) is 1. The molecule has 5 aromatic rings. The predicted molar refractivity (Wildman–Crippen MR) is 201 cm³/mol. The Morgan fingerprint density at radius 2 is 1.69 bits per heavy atom. The van der Waals surface area contributed by atoms with E-state index >= 15 is 0 Å². The molecule has 1 atom stereocenters. The molecule has 1 unspecified atom stereocenters. The van der Waals surface area contributed by atoms with Crippen LogP contribution in [0.2, 0.25) is 0 Å². The number of nitrogens with zero attached hydrogens (tertiary/aromatic N) is 5. The molecule has 0 spiro atoms. The fraction of sp³-hybridized carbons (Fsp3) is 0.439. The molecule has 266 valence electrons. The zero-order chi connectivity index (χ0) is 35.3. The van der Waals surface area contributed by atoms with Crippen molar-refractivity contribution in [3.05, 3.63) is 94.5 Å². The Balaban J connectivity index is 1.27. The van der Waals surface area contributed by atoms with Crippen molar-refractivity contribution in [2.75, 3.05) is 44.8 Å². The van der Waals surface area contributed by atoms with Gasteiger partial charge in [0.05, 0.1) is 31.0 Å². The standard InChI is InChI=1S/C41H48N6O4/c1-40(42)17-21-46(22-18-40)29-15-19-47(20-16-29)39-43-35-14-11-28(33-25-45(2)37(49)24-36(33)50-3)23-32(35)38(44-39)41(26-48,51-30-12-13-30)34-10-6-8-27-7-4-5-9-31(27)34/h4-11,14,23-25,29-30,48H,12-13,15-22,26,42H2,1-3H3. The van der Waals surface area contributed by atoms with E-state index in [1.807, 2.05) is 30.3 Å². The number of anilines is 1. The fourth-order valence-corrected chi connectivity index (χ4v) is 8.05. The lowest BCUT2D eigenvalue weighted by molar-refractivity contribution is -0.0662. The number of piperidine rings is 2. The van der Waals surface area contributed by atoms with Crippen LogP contribution in [0, 0.1) is 0 Å². The maximum Gasteiger partial charge on any atom is 0.254 e. The van der Waals surface area contributed by atoms with E-state index in [1.165, 1.54) is 6.07 Å². The van der Waals surface area contributed by atoms with Crippen molar-refractivity contribution in [2.45, 2.75) is 68.7 Å². The molecule has 3 fully saturated rings. The summed E-state index contributed by atoms with van der Waals surface area (Å²) in [5.41, 5.74) is 8.87. The number of hydrogen-bond acceptors (Lipinski definition) is 9. The van der Waals surface area contributed by atoms with E-state index in [0.717, 1.165) is 103 Å². The van der Waals surface area contributed by atoms with Gasteiger partial charge in [-0.05, 0) is 73.9 Å². The molecular formula is C41H48N6O4. The molecule has 3 aliphatic rings. The van der Waals surface area contributed by atoms with E-state index in [4.69, 9.17) is 25.2 Å². The van der Waals surface area contributed by atoms with Gasteiger partial charge in [-0.2, -0.15) is 0 Å². The van der Waals surface area contributed by atoms with Crippen LogP contribution in [0.5, 0.6) is 5.75 Å². The summed E-state index contributed by atoms with van der Waals surface area (Å²) < 4.78 is 14.3. The number of aromatic nitrogens is 3. The Hall–Kier alpha value is -4.35. The van der Waals surface area contributed by atoms with Crippen LogP contribution in [-0.4, -0.2) is 82.1 Å². The van der Waals surface area contributed by atoms with E-state index in [9.17, 15) is 9.90 Å². The van der Waals surface area contributed by atoms with Crippen LogP contribution in [0.4, 0.5) is 5.95 Å². The first-order valence-corrected chi connectivity index (χ1v) is 18.3. The maximum absolute atomic E-state index is 12.5. The second-order valence-corrected chi connectivity index (χ2v) is 15.0. The molecule has 8 rings (SSSR count). The molecule has 2 aliphatic heterocycles. The summed E-state index contributed by atoms with van der Waals surface area (Å²) >= 11 is 0. The zero-order valence-corrected chi connectivity index (χ0v) is 29.8. The molecule has 0 amide bonds. The number of ether oxygens (including phenoxy) is 2. The van der Waals surface area contributed by atoms with Gasteiger partial charge in [0.1, 0.15) is 5.75 Å². The average molecular weight is 689 g/mol. The number of pyridine rings is 1. The second kappa shape index (κ2) is 13.3. The number of fused-ring (bicyclic) bond motifs is 2. The third-order valence-corrected chi connectivity index (χ3v) is 11.3. The Morgan fingerprint density at radius 1 is 0.941 bits per heavy atom. The van der Waals surface area contributed by atoms with Crippen LogP contribution >= 0.6 is 0 Å². The Labute approximate surface area is 298 Å². The van der Waals surface area contributed by atoms with Crippen molar-refractivity contribution >= 4 is 27.6 Å². The molecule has 10 nitrogen and oxygen atoms in total. The Bertz CT molecular complexity index is 2120. The number of nitrogens with two attached hydrogens (primary N) is 1. The van der Waals surface area contributed by atoms with Gasteiger partial charge in [-0.25, -0.2) is 9.97 Å². The smallest absolute Gasteiger partial charge is 0.254 e. The normalized spacial score (nSPS) is 19.7. The summed E-state index contributed by atoms with van der Waals surface area (Å²) in [6.07, 6.45) is 7.75. The molecule has 4 heterocycles. The minimum atomic E-state index is -1.26. The van der Waals surface area contributed by atoms with Gasteiger partial charge in [-0.15, -0.1) is 0 Å². The lowest BCUT2D eigenvalue weighted by Crippen LogP contribution is -2.53. The summed E-state index contributed by atoms with van der Waals surface area (Å²) in [6, 6.07) is 22.5. The van der Waals surface area contributed by atoms with Crippen LogP contribution < -0.4 is 20.9 Å². The van der Waals surface area contributed by atoms with Gasteiger partial charge in [0.2, 0.25) is 5.95 Å². The van der Waals surface area contributed by atoms with Gasteiger partial charge < -0.3 is 34.7 Å². The summed E-state index contributed by atoms with van der Waals surface area (Å²) in [5, 5.41) is 14.5. The first kappa shape index (κ1) is 33.8. The van der Waals surface area contributed by atoms with Gasteiger partial charge in [-0.3, -0.25) is 4.79 Å². The lowest BCUT2D eigenvalue weighted by atomic mass is 9.84. The molecule has 2 saturated heterocycles. The lowest BCUT2D eigenvalue weighted by Gasteiger charge is -2.44. The highest BCUT2D eigenvalue weighted by Gasteiger charge is 2.45. The molecule has 2 aromatic heterocycles. The summed E-state index contributed by atoms with van der Waals surface area (Å²) in [4.78, 5) is 28.0. The summed E-state index contributed by atoms with van der Waals surface area (Å²) in [5.74, 6) is 1.13.